The number of carbonyl (C=O) groups is 1. The normalized spacial score (nSPS) is 18.4. The lowest BCUT2D eigenvalue weighted by Crippen LogP contribution is -2.49. The van der Waals surface area contributed by atoms with Crippen LogP contribution in [0, 0.1) is 10.1 Å². The molecule has 9 heteroatoms. The second kappa shape index (κ2) is 5.85. The number of piperazine rings is 1. The fraction of sp³-hybridized carbons (Fsp3) is 0.385. The monoisotopic (exact) mass is 321 g/mol. The summed E-state index contributed by atoms with van der Waals surface area (Å²) >= 11 is 0.969. The molecule has 3 heterocycles. The quantitative estimate of drug-likeness (QED) is 0.677. The fourth-order valence-corrected chi connectivity index (χ4v) is 3.27. The maximum absolute atomic E-state index is 12.7. The molecule has 0 spiro atoms. The first-order valence-electron chi connectivity index (χ1n) is 6.79. The minimum absolute atomic E-state index is 0.0213. The molecule has 2 aromatic rings. The van der Waals surface area contributed by atoms with Crippen LogP contribution >= 0.6 is 11.3 Å². The topological polar surface area (TPSA) is 93.3 Å². The van der Waals surface area contributed by atoms with Gasteiger partial charge in [0.25, 0.3) is 5.91 Å². The van der Waals surface area contributed by atoms with Crippen LogP contribution in [0.4, 0.5) is 5.00 Å². The number of thiophene rings is 1. The molecule has 0 aliphatic carbocycles. The molecule has 0 aromatic carbocycles. The predicted octanol–water partition coefficient (Wildman–Crippen LogP) is 1.18. The van der Waals surface area contributed by atoms with E-state index in [4.69, 9.17) is 0 Å². The number of nitrogens with zero attached hydrogens (tertiary/aromatic N) is 4. The average molecular weight is 321 g/mol. The van der Waals surface area contributed by atoms with Crippen LogP contribution in [-0.2, 0) is 7.05 Å². The number of nitro groups is 1. The highest BCUT2D eigenvalue weighted by Gasteiger charge is 2.32. The van der Waals surface area contributed by atoms with E-state index in [0.29, 0.717) is 25.2 Å². The van der Waals surface area contributed by atoms with Crippen molar-refractivity contribution in [2.45, 2.75) is 6.04 Å². The van der Waals surface area contributed by atoms with E-state index in [2.05, 4.69) is 10.3 Å². The Hall–Kier alpha value is -2.26. The molecule has 1 saturated heterocycles. The second-order valence-corrected chi connectivity index (χ2v) is 5.94. The molecule has 0 radical (unpaired) electrons. The number of carbonyl (C=O) groups excluding carboxylic acids is 1. The molecular weight excluding hydrogens is 306 g/mol. The van der Waals surface area contributed by atoms with Gasteiger partial charge in [0.2, 0.25) is 0 Å². The number of hydrogen-bond acceptors (Lipinski definition) is 6. The molecule has 0 saturated carbocycles. The van der Waals surface area contributed by atoms with Crippen molar-refractivity contribution in [3.05, 3.63) is 45.3 Å². The molecule has 116 valence electrons. The highest BCUT2D eigenvalue weighted by Crippen LogP contribution is 2.27. The maximum Gasteiger partial charge on any atom is 0.324 e. The number of hydrogen-bond donors (Lipinski definition) is 1. The van der Waals surface area contributed by atoms with Crippen molar-refractivity contribution in [3.63, 3.8) is 0 Å². The van der Waals surface area contributed by atoms with E-state index in [1.54, 1.807) is 11.1 Å². The van der Waals surface area contributed by atoms with Gasteiger partial charge in [-0.2, -0.15) is 0 Å². The molecule has 22 heavy (non-hydrogen) atoms. The third kappa shape index (κ3) is 2.60. The van der Waals surface area contributed by atoms with Gasteiger partial charge in [-0.05, 0) is 0 Å². The molecule has 3 rings (SSSR count). The number of nitrogens with one attached hydrogen (secondary N) is 1. The Labute approximate surface area is 130 Å². The van der Waals surface area contributed by atoms with Crippen LogP contribution < -0.4 is 5.32 Å². The Morgan fingerprint density at radius 3 is 3.05 bits per heavy atom. The Bertz CT molecular complexity index is 710. The van der Waals surface area contributed by atoms with Gasteiger partial charge in [0, 0.05) is 50.5 Å². The number of aromatic nitrogens is 2. The van der Waals surface area contributed by atoms with Crippen LogP contribution in [0.15, 0.2) is 23.8 Å². The molecule has 1 fully saturated rings. The third-order valence-electron chi connectivity index (χ3n) is 3.67. The average Bonchev–Trinajstić information content (AvgIpc) is 3.15. The fourth-order valence-electron chi connectivity index (χ4n) is 2.57. The Balaban J connectivity index is 1.88. The number of imidazole rings is 1. The summed E-state index contributed by atoms with van der Waals surface area (Å²) in [4.78, 5) is 29.0. The van der Waals surface area contributed by atoms with Crippen LogP contribution in [0.25, 0.3) is 0 Å². The van der Waals surface area contributed by atoms with E-state index in [0.717, 1.165) is 17.2 Å². The first kappa shape index (κ1) is 14.7. The van der Waals surface area contributed by atoms with E-state index >= 15 is 0 Å². The van der Waals surface area contributed by atoms with E-state index in [9.17, 15) is 14.9 Å². The summed E-state index contributed by atoms with van der Waals surface area (Å²) in [6, 6.07) is 1.16. The number of aryl methyl sites for hydroxylation is 1. The maximum atomic E-state index is 12.7. The van der Waals surface area contributed by atoms with Gasteiger partial charge in [-0.3, -0.25) is 14.9 Å². The Morgan fingerprint density at radius 1 is 1.59 bits per heavy atom. The van der Waals surface area contributed by atoms with E-state index in [1.165, 1.54) is 11.4 Å². The Morgan fingerprint density at radius 2 is 2.41 bits per heavy atom. The molecule has 2 aromatic heterocycles. The summed E-state index contributed by atoms with van der Waals surface area (Å²) in [7, 11) is 1.88. The SMILES string of the molecule is Cn1ccnc1C1CNCCN1C(=O)c1csc([N+](=O)[O-])c1. The van der Waals surface area contributed by atoms with Gasteiger partial charge in [-0.1, -0.05) is 11.3 Å². The molecule has 1 aliphatic heterocycles. The van der Waals surface area contributed by atoms with Crippen LogP contribution in [0.1, 0.15) is 22.2 Å². The van der Waals surface area contributed by atoms with Gasteiger partial charge in [-0.25, -0.2) is 4.98 Å². The molecule has 1 N–H and O–H groups in total. The highest BCUT2D eigenvalue weighted by molar-refractivity contribution is 7.13. The molecule has 0 bridgehead atoms. The van der Waals surface area contributed by atoms with Crippen LogP contribution in [0.2, 0.25) is 0 Å². The van der Waals surface area contributed by atoms with Gasteiger partial charge in [0.05, 0.1) is 10.5 Å². The summed E-state index contributed by atoms with van der Waals surface area (Å²) in [5.74, 6) is 0.601. The molecule has 1 aliphatic rings. The largest absolute Gasteiger partial charge is 0.336 e. The van der Waals surface area contributed by atoms with Crippen molar-refractivity contribution in [1.29, 1.82) is 0 Å². The lowest BCUT2D eigenvalue weighted by atomic mass is 10.1. The Kier molecular flexibility index (Phi) is 3.90. The lowest BCUT2D eigenvalue weighted by molar-refractivity contribution is -0.380. The second-order valence-electron chi connectivity index (χ2n) is 5.05. The zero-order valence-electron chi connectivity index (χ0n) is 11.9. The summed E-state index contributed by atoms with van der Waals surface area (Å²) in [6.45, 7) is 1.85. The van der Waals surface area contributed by atoms with Crippen molar-refractivity contribution >= 4 is 22.2 Å². The number of rotatable bonds is 3. The lowest BCUT2D eigenvalue weighted by Gasteiger charge is -2.35. The molecule has 8 nitrogen and oxygen atoms in total. The van der Waals surface area contributed by atoms with Gasteiger partial charge in [0.15, 0.2) is 0 Å². The predicted molar refractivity (Wildman–Crippen MR) is 80.8 cm³/mol. The van der Waals surface area contributed by atoms with Crippen molar-refractivity contribution in [3.8, 4) is 0 Å². The highest BCUT2D eigenvalue weighted by atomic mass is 32.1. The summed E-state index contributed by atoms with van der Waals surface area (Å²) in [5, 5.41) is 15.6. The van der Waals surface area contributed by atoms with E-state index < -0.39 is 4.92 Å². The van der Waals surface area contributed by atoms with E-state index in [1.807, 2.05) is 17.8 Å². The molecule has 1 amide bonds. The molecule has 1 unspecified atom stereocenters. The number of amides is 1. The van der Waals surface area contributed by atoms with Gasteiger partial charge < -0.3 is 14.8 Å². The minimum atomic E-state index is -0.477. The van der Waals surface area contributed by atoms with Crippen LogP contribution in [-0.4, -0.2) is 44.9 Å². The smallest absolute Gasteiger partial charge is 0.324 e. The summed E-state index contributed by atoms with van der Waals surface area (Å²) in [6.07, 6.45) is 3.53. The van der Waals surface area contributed by atoms with Gasteiger partial charge >= 0.3 is 5.00 Å². The van der Waals surface area contributed by atoms with Crippen LogP contribution in [0.3, 0.4) is 0 Å². The third-order valence-corrected chi connectivity index (χ3v) is 4.55. The standard InChI is InChI=1S/C13H15N5O3S/c1-16-4-3-15-12(16)10-7-14-2-5-17(10)13(19)9-6-11(18(20)21)22-8-9/h3-4,6,8,10,14H,2,5,7H2,1H3. The summed E-state index contributed by atoms with van der Waals surface area (Å²) < 4.78 is 1.88. The molecule has 1 atom stereocenters. The zero-order valence-corrected chi connectivity index (χ0v) is 12.7. The van der Waals surface area contributed by atoms with Gasteiger partial charge in [0.1, 0.15) is 11.9 Å². The minimum Gasteiger partial charge on any atom is -0.336 e. The van der Waals surface area contributed by atoms with Gasteiger partial charge in [-0.15, -0.1) is 0 Å². The molecular formula is C13H15N5O3S. The van der Waals surface area contributed by atoms with Crippen molar-refractivity contribution in [2.75, 3.05) is 19.6 Å². The van der Waals surface area contributed by atoms with Crippen molar-refractivity contribution in [2.24, 2.45) is 7.05 Å². The first-order valence-corrected chi connectivity index (χ1v) is 7.67. The zero-order chi connectivity index (χ0) is 15.7. The van der Waals surface area contributed by atoms with Crippen molar-refractivity contribution in [1.82, 2.24) is 19.8 Å². The summed E-state index contributed by atoms with van der Waals surface area (Å²) in [5.41, 5.74) is 0.359. The van der Waals surface area contributed by atoms with E-state index in [-0.39, 0.29) is 17.0 Å². The van der Waals surface area contributed by atoms with Crippen molar-refractivity contribution < 1.29 is 9.72 Å². The first-order chi connectivity index (χ1) is 10.6. The van der Waals surface area contributed by atoms with Crippen LogP contribution in [0.5, 0.6) is 0 Å².